The molecule has 124 valence electrons. The van der Waals surface area contributed by atoms with Crippen molar-refractivity contribution in [1.82, 2.24) is 25.1 Å². The molecule has 0 unspecified atom stereocenters. The molecule has 7 heteroatoms. The fraction of sp³-hybridized carbons (Fsp3) is 0.294. The second kappa shape index (κ2) is 7.83. The number of pyridine rings is 1. The van der Waals surface area contributed by atoms with Crippen molar-refractivity contribution in [2.24, 2.45) is 0 Å². The molecule has 0 bridgehead atoms. The summed E-state index contributed by atoms with van der Waals surface area (Å²) in [5.41, 5.74) is 2.06. The van der Waals surface area contributed by atoms with Gasteiger partial charge >= 0.3 is 0 Å². The minimum absolute atomic E-state index is 0.0242. The van der Waals surface area contributed by atoms with Gasteiger partial charge in [-0.15, -0.1) is 0 Å². The van der Waals surface area contributed by atoms with Crippen LogP contribution in [0.3, 0.4) is 0 Å². The molecule has 1 amide bonds. The van der Waals surface area contributed by atoms with E-state index in [-0.39, 0.29) is 18.0 Å². The van der Waals surface area contributed by atoms with Crippen LogP contribution in [0.15, 0.2) is 53.9 Å². The number of aromatic nitrogens is 4. The zero-order chi connectivity index (χ0) is 16.8. The van der Waals surface area contributed by atoms with Gasteiger partial charge in [0, 0.05) is 12.6 Å². The lowest BCUT2D eigenvalue weighted by atomic mass is 10.0. The molecule has 3 rings (SSSR count). The smallest absolute Gasteiger partial charge is 0.222 e. The van der Waals surface area contributed by atoms with Crippen molar-refractivity contribution in [3.8, 4) is 0 Å². The van der Waals surface area contributed by atoms with Crippen LogP contribution in [-0.2, 0) is 11.2 Å². The first kappa shape index (κ1) is 16.3. The molecule has 2 atom stereocenters. The van der Waals surface area contributed by atoms with Gasteiger partial charge in [-0.3, -0.25) is 9.78 Å². The Hall–Kier alpha value is -2.54. The zero-order valence-electron chi connectivity index (χ0n) is 13.4. The van der Waals surface area contributed by atoms with E-state index in [1.807, 2.05) is 30.5 Å². The van der Waals surface area contributed by atoms with E-state index in [4.69, 9.17) is 0 Å². The van der Waals surface area contributed by atoms with Crippen LogP contribution in [0, 0.1) is 0 Å². The van der Waals surface area contributed by atoms with E-state index in [9.17, 15) is 4.79 Å². The molecule has 0 aliphatic carbocycles. The van der Waals surface area contributed by atoms with Gasteiger partial charge in [-0.25, -0.2) is 9.67 Å². The Morgan fingerprint density at radius 3 is 2.96 bits per heavy atom. The lowest BCUT2D eigenvalue weighted by Crippen LogP contribution is -2.32. The van der Waals surface area contributed by atoms with Gasteiger partial charge in [-0.2, -0.15) is 16.4 Å². The minimum Gasteiger partial charge on any atom is -0.347 e. The Bertz CT molecular complexity index is 743. The molecule has 6 nitrogen and oxygen atoms in total. The first-order chi connectivity index (χ1) is 11.7. The van der Waals surface area contributed by atoms with Gasteiger partial charge in [0.2, 0.25) is 5.91 Å². The van der Waals surface area contributed by atoms with Crippen LogP contribution in [0.2, 0.25) is 0 Å². The monoisotopic (exact) mass is 341 g/mol. The number of amides is 1. The number of hydrogen-bond acceptors (Lipinski definition) is 5. The van der Waals surface area contributed by atoms with Crippen molar-refractivity contribution in [3.63, 3.8) is 0 Å². The minimum atomic E-state index is -0.142. The first-order valence-corrected chi connectivity index (χ1v) is 8.72. The standard InChI is InChI=1S/C17H19N5OS/c1-13(22-12-18-11-20-22)8-17(23)21-16(9-14-5-7-24-10-14)15-4-2-3-6-19-15/h2-7,10-13,16H,8-9H2,1H3,(H,21,23)/t13-,16-/m0/s1. The SMILES string of the molecule is C[C@@H](CC(=O)N[C@@H](Cc1ccsc1)c1ccccn1)n1cncn1. The number of hydrogen-bond donors (Lipinski definition) is 1. The summed E-state index contributed by atoms with van der Waals surface area (Å²) in [6, 6.07) is 7.64. The molecule has 0 radical (unpaired) electrons. The van der Waals surface area contributed by atoms with Gasteiger partial charge in [-0.05, 0) is 47.9 Å². The van der Waals surface area contributed by atoms with Crippen molar-refractivity contribution in [1.29, 1.82) is 0 Å². The molecule has 0 fully saturated rings. The predicted molar refractivity (Wildman–Crippen MR) is 92.5 cm³/mol. The van der Waals surface area contributed by atoms with E-state index >= 15 is 0 Å². The number of nitrogens with zero attached hydrogens (tertiary/aromatic N) is 4. The summed E-state index contributed by atoms with van der Waals surface area (Å²) in [7, 11) is 0. The van der Waals surface area contributed by atoms with E-state index in [1.54, 1.807) is 28.5 Å². The largest absolute Gasteiger partial charge is 0.347 e. The highest BCUT2D eigenvalue weighted by Crippen LogP contribution is 2.19. The highest BCUT2D eigenvalue weighted by Gasteiger charge is 2.19. The van der Waals surface area contributed by atoms with Crippen LogP contribution in [0.1, 0.15) is 36.7 Å². The van der Waals surface area contributed by atoms with Crippen molar-refractivity contribution < 1.29 is 4.79 Å². The van der Waals surface area contributed by atoms with Crippen molar-refractivity contribution >= 4 is 17.2 Å². The summed E-state index contributed by atoms with van der Waals surface area (Å²) in [6.07, 6.45) is 5.92. The van der Waals surface area contributed by atoms with E-state index < -0.39 is 0 Å². The van der Waals surface area contributed by atoms with Crippen molar-refractivity contribution in [2.45, 2.75) is 31.8 Å². The molecule has 1 N–H and O–H groups in total. The summed E-state index contributed by atoms with van der Waals surface area (Å²) in [6.45, 7) is 1.95. The topological polar surface area (TPSA) is 72.7 Å². The summed E-state index contributed by atoms with van der Waals surface area (Å²) in [5.74, 6) is -0.0242. The van der Waals surface area contributed by atoms with Gasteiger partial charge in [0.05, 0.1) is 17.8 Å². The third-order valence-corrected chi connectivity index (χ3v) is 4.50. The molecule has 0 aliphatic rings. The Morgan fingerprint density at radius 1 is 1.38 bits per heavy atom. The van der Waals surface area contributed by atoms with E-state index in [1.165, 1.54) is 11.9 Å². The predicted octanol–water partition coefficient (Wildman–Crippen LogP) is 2.79. The number of rotatable bonds is 7. The molecule has 0 saturated carbocycles. The molecule has 3 aromatic heterocycles. The normalized spacial score (nSPS) is 13.4. The maximum Gasteiger partial charge on any atom is 0.222 e. The highest BCUT2D eigenvalue weighted by molar-refractivity contribution is 7.07. The molecular weight excluding hydrogens is 322 g/mol. The first-order valence-electron chi connectivity index (χ1n) is 7.78. The quantitative estimate of drug-likeness (QED) is 0.717. The molecule has 24 heavy (non-hydrogen) atoms. The number of carbonyl (C=O) groups excluding carboxylic acids is 1. The number of nitrogens with one attached hydrogen (secondary N) is 1. The Kier molecular flexibility index (Phi) is 5.32. The lowest BCUT2D eigenvalue weighted by Gasteiger charge is -2.19. The maximum absolute atomic E-state index is 12.5. The van der Waals surface area contributed by atoms with Crippen LogP contribution in [0.4, 0.5) is 0 Å². The van der Waals surface area contributed by atoms with Gasteiger partial charge in [0.15, 0.2) is 0 Å². The van der Waals surface area contributed by atoms with E-state index in [0.29, 0.717) is 6.42 Å². The van der Waals surface area contributed by atoms with E-state index in [2.05, 4.69) is 31.8 Å². The molecule has 0 saturated heterocycles. The fourth-order valence-electron chi connectivity index (χ4n) is 2.52. The van der Waals surface area contributed by atoms with Gasteiger partial charge in [0.1, 0.15) is 12.7 Å². The number of carbonyl (C=O) groups is 1. The van der Waals surface area contributed by atoms with Crippen LogP contribution in [0.25, 0.3) is 0 Å². The van der Waals surface area contributed by atoms with E-state index in [0.717, 1.165) is 12.1 Å². The van der Waals surface area contributed by atoms with Crippen LogP contribution >= 0.6 is 11.3 Å². The highest BCUT2D eigenvalue weighted by atomic mass is 32.1. The van der Waals surface area contributed by atoms with Crippen molar-refractivity contribution in [3.05, 3.63) is 65.1 Å². The molecular formula is C17H19N5OS. The maximum atomic E-state index is 12.5. The molecule has 0 spiro atoms. The summed E-state index contributed by atoms with van der Waals surface area (Å²) in [4.78, 5) is 20.8. The summed E-state index contributed by atoms with van der Waals surface area (Å²) < 4.78 is 1.69. The second-order valence-corrected chi connectivity index (χ2v) is 6.42. The lowest BCUT2D eigenvalue weighted by molar-refractivity contribution is -0.122. The van der Waals surface area contributed by atoms with Gasteiger partial charge in [0.25, 0.3) is 0 Å². The second-order valence-electron chi connectivity index (χ2n) is 5.64. The zero-order valence-corrected chi connectivity index (χ0v) is 14.2. The van der Waals surface area contributed by atoms with Gasteiger partial charge in [-0.1, -0.05) is 6.07 Å². The summed E-state index contributed by atoms with van der Waals surface area (Å²) in [5, 5.41) is 11.3. The molecule has 3 heterocycles. The Morgan fingerprint density at radius 2 is 2.29 bits per heavy atom. The van der Waals surface area contributed by atoms with Crippen molar-refractivity contribution in [2.75, 3.05) is 0 Å². The summed E-state index contributed by atoms with van der Waals surface area (Å²) >= 11 is 1.65. The average Bonchev–Trinajstić information content (AvgIpc) is 3.29. The molecule has 0 aromatic carbocycles. The Balaban J connectivity index is 1.68. The third kappa shape index (κ3) is 4.26. The fourth-order valence-corrected chi connectivity index (χ4v) is 3.20. The average molecular weight is 341 g/mol. The third-order valence-electron chi connectivity index (χ3n) is 3.77. The van der Waals surface area contributed by atoms with Gasteiger partial charge < -0.3 is 5.32 Å². The van der Waals surface area contributed by atoms with Crippen LogP contribution < -0.4 is 5.32 Å². The van der Waals surface area contributed by atoms with Crippen LogP contribution in [0.5, 0.6) is 0 Å². The Labute approximate surface area is 144 Å². The number of thiophene rings is 1. The molecule has 0 aliphatic heterocycles. The molecule has 3 aromatic rings. The van der Waals surface area contributed by atoms with Crippen LogP contribution in [-0.4, -0.2) is 25.7 Å².